The van der Waals surface area contributed by atoms with Crippen LogP contribution in [0, 0.1) is 0 Å². The van der Waals surface area contributed by atoms with Crippen LogP contribution < -0.4 is 5.32 Å². The van der Waals surface area contributed by atoms with Gasteiger partial charge in [0, 0.05) is 6.61 Å². The van der Waals surface area contributed by atoms with Crippen LogP contribution in [0.1, 0.15) is 38.0 Å². The Hall–Kier alpha value is -0.320. The Bertz CT molecular complexity index is 321. The zero-order valence-electron chi connectivity index (χ0n) is 9.54. The first kappa shape index (κ1) is 12.1. The van der Waals surface area contributed by atoms with Crippen LogP contribution in [0.4, 0.5) is 0 Å². The number of likely N-dealkylation sites (N-methyl/N-ethyl adjacent to an activating group) is 1. The lowest BCUT2D eigenvalue weighted by Gasteiger charge is -2.30. The normalized spacial score (nSPS) is 23.2. The monoisotopic (exact) mass is 287 g/mol. The fourth-order valence-electron chi connectivity index (χ4n) is 2.17. The second kappa shape index (κ2) is 5.84. The molecular weight excluding hydrogens is 270 g/mol. The molecule has 0 radical (unpaired) electrons. The van der Waals surface area contributed by atoms with E-state index in [1.807, 2.05) is 6.07 Å². The molecule has 0 spiro atoms. The number of ether oxygens (including phenoxy) is 1. The van der Waals surface area contributed by atoms with Crippen LogP contribution in [0.3, 0.4) is 0 Å². The van der Waals surface area contributed by atoms with Gasteiger partial charge in [0.15, 0.2) is 0 Å². The number of rotatable bonds is 4. The minimum Gasteiger partial charge on any atom is -0.466 e. The Balaban J connectivity index is 2.12. The summed E-state index contributed by atoms with van der Waals surface area (Å²) in [7, 11) is 0. The third kappa shape index (κ3) is 2.67. The predicted octanol–water partition coefficient (Wildman–Crippen LogP) is 3.26. The summed E-state index contributed by atoms with van der Waals surface area (Å²) in [6, 6.07) is 2.09. The molecule has 90 valence electrons. The van der Waals surface area contributed by atoms with Gasteiger partial charge in [-0.2, -0.15) is 0 Å². The van der Waals surface area contributed by atoms with Crippen LogP contribution in [0.2, 0.25) is 0 Å². The standard InChI is InChI=1S/C12H18BrNO2/c1-2-14-11(10-5-3-4-7-15-10)12-9(13)6-8-16-12/h6,8,10-11,14H,2-5,7H2,1H3. The molecule has 16 heavy (non-hydrogen) atoms. The zero-order chi connectivity index (χ0) is 11.4. The maximum absolute atomic E-state index is 5.83. The average Bonchev–Trinajstić information content (AvgIpc) is 2.73. The molecule has 4 heteroatoms. The van der Waals surface area contributed by atoms with Crippen LogP contribution in [0.5, 0.6) is 0 Å². The maximum Gasteiger partial charge on any atom is 0.137 e. The molecule has 0 aromatic carbocycles. The first-order chi connectivity index (χ1) is 7.83. The minimum atomic E-state index is 0.162. The molecule has 1 aliphatic heterocycles. The van der Waals surface area contributed by atoms with E-state index in [0.717, 1.165) is 29.8 Å². The summed E-state index contributed by atoms with van der Waals surface area (Å²) in [6.45, 7) is 3.88. The summed E-state index contributed by atoms with van der Waals surface area (Å²) in [5.41, 5.74) is 0. The molecule has 2 heterocycles. The van der Waals surface area contributed by atoms with E-state index in [2.05, 4.69) is 28.2 Å². The minimum absolute atomic E-state index is 0.162. The van der Waals surface area contributed by atoms with Crippen molar-refractivity contribution in [1.29, 1.82) is 0 Å². The Kier molecular flexibility index (Phi) is 4.44. The summed E-state index contributed by atoms with van der Waals surface area (Å²) in [6.07, 6.45) is 5.47. The summed E-state index contributed by atoms with van der Waals surface area (Å²) >= 11 is 3.51. The van der Waals surface area contributed by atoms with E-state index in [0.29, 0.717) is 0 Å². The van der Waals surface area contributed by atoms with Gasteiger partial charge in [0.05, 0.1) is 22.9 Å². The van der Waals surface area contributed by atoms with Gasteiger partial charge in [0.25, 0.3) is 0 Å². The third-order valence-corrected chi connectivity index (χ3v) is 3.59. The summed E-state index contributed by atoms with van der Waals surface area (Å²) in [5, 5.41) is 3.45. The Morgan fingerprint density at radius 1 is 1.56 bits per heavy atom. The SMILES string of the molecule is CCNC(c1occc1Br)C1CCCCO1. The molecule has 0 bridgehead atoms. The van der Waals surface area contributed by atoms with Crippen LogP contribution >= 0.6 is 15.9 Å². The largest absolute Gasteiger partial charge is 0.466 e. The number of nitrogens with one attached hydrogen (secondary N) is 1. The molecule has 1 aliphatic rings. The van der Waals surface area contributed by atoms with Crippen molar-refractivity contribution in [2.75, 3.05) is 13.2 Å². The smallest absolute Gasteiger partial charge is 0.137 e. The van der Waals surface area contributed by atoms with Crippen molar-refractivity contribution >= 4 is 15.9 Å². The first-order valence-corrected chi connectivity index (χ1v) is 6.70. The number of hydrogen-bond acceptors (Lipinski definition) is 3. The maximum atomic E-state index is 5.83. The Morgan fingerprint density at radius 2 is 2.44 bits per heavy atom. The zero-order valence-corrected chi connectivity index (χ0v) is 11.1. The van der Waals surface area contributed by atoms with E-state index < -0.39 is 0 Å². The quantitative estimate of drug-likeness (QED) is 0.923. The van der Waals surface area contributed by atoms with Crippen molar-refractivity contribution in [1.82, 2.24) is 5.32 Å². The van der Waals surface area contributed by atoms with E-state index in [-0.39, 0.29) is 12.1 Å². The molecule has 1 aromatic rings. The fraction of sp³-hybridized carbons (Fsp3) is 0.667. The van der Waals surface area contributed by atoms with Gasteiger partial charge >= 0.3 is 0 Å². The van der Waals surface area contributed by atoms with Gasteiger partial charge in [0.1, 0.15) is 5.76 Å². The molecule has 0 saturated carbocycles. The van der Waals surface area contributed by atoms with E-state index in [9.17, 15) is 0 Å². The van der Waals surface area contributed by atoms with Gasteiger partial charge in [-0.25, -0.2) is 0 Å². The lowest BCUT2D eigenvalue weighted by molar-refractivity contribution is -0.0124. The van der Waals surface area contributed by atoms with Crippen LogP contribution in [-0.4, -0.2) is 19.3 Å². The molecular formula is C12H18BrNO2. The van der Waals surface area contributed by atoms with Gasteiger partial charge in [-0.3, -0.25) is 0 Å². The lowest BCUT2D eigenvalue weighted by atomic mass is 10.00. The van der Waals surface area contributed by atoms with Gasteiger partial charge in [-0.05, 0) is 47.8 Å². The highest BCUT2D eigenvalue weighted by atomic mass is 79.9. The third-order valence-electron chi connectivity index (χ3n) is 2.94. The molecule has 3 nitrogen and oxygen atoms in total. The highest BCUT2D eigenvalue weighted by Gasteiger charge is 2.28. The van der Waals surface area contributed by atoms with Gasteiger partial charge in [0.2, 0.25) is 0 Å². The van der Waals surface area contributed by atoms with Crippen LogP contribution in [-0.2, 0) is 4.74 Å². The molecule has 2 atom stereocenters. The number of hydrogen-bond donors (Lipinski definition) is 1. The number of furan rings is 1. The Labute approximate surface area is 105 Å². The van der Waals surface area contributed by atoms with Crippen molar-refractivity contribution in [2.45, 2.75) is 38.3 Å². The molecule has 2 unspecified atom stereocenters. The molecule has 1 N–H and O–H groups in total. The van der Waals surface area contributed by atoms with E-state index >= 15 is 0 Å². The molecule has 2 rings (SSSR count). The van der Waals surface area contributed by atoms with Crippen molar-refractivity contribution < 1.29 is 9.15 Å². The highest BCUT2D eigenvalue weighted by Crippen LogP contribution is 2.31. The van der Waals surface area contributed by atoms with Crippen LogP contribution in [0.25, 0.3) is 0 Å². The second-order valence-electron chi connectivity index (χ2n) is 4.07. The molecule has 0 amide bonds. The highest BCUT2D eigenvalue weighted by molar-refractivity contribution is 9.10. The van der Waals surface area contributed by atoms with Crippen molar-refractivity contribution in [3.8, 4) is 0 Å². The molecule has 1 saturated heterocycles. The summed E-state index contributed by atoms with van der Waals surface area (Å²) in [4.78, 5) is 0. The predicted molar refractivity (Wildman–Crippen MR) is 66.4 cm³/mol. The Morgan fingerprint density at radius 3 is 3.00 bits per heavy atom. The van der Waals surface area contributed by atoms with E-state index in [1.165, 1.54) is 12.8 Å². The summed E-state index contributed by atoms with van der Waals surface area (Å²) in [5.74, 6) is 0.953. The molecule has 1 fully saturated rings. The molecule has 1 aromatic heterocycles. The van der Waals surface area contributed by atoms with Crippen LogP contribution in [0.15, 0.2) is 21.2 Å². The molecule has 0 aliphatic carbocycles. The van der Waals surface area contributed by atoms with Crippen molar-refractivity contribution in [2.24, 2.45) is 0 Å². The fourth-order valence-corrected chi connectivity index (χ4v) is 2.62. The number of halogens is 1. The van der Waals surface area contributed by atoms with Crippen molar-refractivity contribution in [3.05, 3.63) is 22.6 Å². The summed E-state index contributed by atoms with van der Waals surface area (Å²) < 4.78 is 12.4. The van der Waals surface area contributed by atoms with Gasteiger partial charge < -0.3 is 14.5 Å². The van der Waals surface area contributed by atoms with Gasteiger partial charge in [-0.1, -0.05) is 6.92 Å². The average molecular weight is 288 g/mol. The van der Waals surface area contributed by atoms with Gasteiger partial charge in [-0.15, -0.1) is 0 Å². The van der Waals surface area contributed by atoms with Crippen molar-refractivity contribution in [3.63, 3.8) is 0 Å². The second-order valence-corrected chi connectivity index (χ2v) is 4.93. The first-order valence-electron chi connectivity index (χ1n) is 5.90. The lowest BCUT2D eigenvalue weighted by Crippen LogP contribution is -2.35. The topological polar surface area (TPSA) is 34.4 Å². The van der Waals surface area contributed by atoms with E-state index in [1.54, 1.807) is 6.26 Å². The van der Waals surface area contributed by atoms with E-state index in [4.69, 9.17) is 9.15 Å².